The molecule has 1 aliphatic carbocycles. The maximum Gasteiger partial charge on any atom is 0.290 e. The van der Waals surface area contributed by atoms with E-state index in [9.17, 15) is 19.1 Å². The Bertz CT molecular complexity index is 1120. The van der Waals surface area contributed by atoms with Gasteiger partial charge in [-0.3, -0.25) is 9.59 Å². The molecule has 5 atom stereocenters. The van der Waals surface area contributed by atoms with Crippen molar-refractivity contribution in [2.45, 2.75) is 43.8 Å². The van der Waals surface area contributed by atoms with E-state index in [2.05, 4.69) is 0 Å². The Morgan fingerprint density at radius 3 is 2.62 bits per heavy atom. The standard InChI is InChI=1S/C25H23ClFNO4/c1-13-9-20-18(11-19(13)26)23(30)21-22(15-3-2-4-17(29)10-15)28(25(31)24(21)32-20)12-14-5-7-16(27)8-6-14/h2-8,10,13,18-20,22,29H,9,11-12H2,1H3. The summed E-state index contributed by atoms with van der Waals surface area (Å²) >= 11 is 6.48. The van der Waals surface area contributed by atoms with Crippen molar-refractivity contribution in [2.75, 3.05) is 0 Å². The molecule has 1 saturated carbocycles. The molecule has 0 saturated heterocycles. The Morgan fingerprint density at radius 2 is 1.91 bits per heavy atom. The quantitative estimate of drug-likeness (QED) is 0.692. The van der Waals surface area contributed by atoms with Gasteiger partial charge in [0, 0.05) is 11.9 Å². The minimum Gasteiger partial charge on any atom is -0.508 e. The van der Waals surface area contributed by atoms with E-state index >= 15 is 0 Å². The molecule has 0 spiro atoms. The van der Waals surface area contributed by atoms with Crippen LogP contribution in [0.5, 0.6) is 5.75 Å². The highest BCUT2D eigenvalue weighted by Crippen LogP contribution is 2.48. The van der Waals surface area contributed by atoms with Gasteiger partial charge in [0.15, 0.2) is 11.5 Å². The van der Waals surface area contributed by atoms with E-state index in [0.29, 0.717) is 24.0 Å². The number of ketones is 1. The third kappa shape index (κ3) is 3.47. The number of nitrogens with zero attached hydrogens (tertiary/aromatic N) is 1. The third-order valence-electron chi connectivity index (χ3n) is 6.76. The van der Waals surface area contributed by atoms with Crippen LogP contribution >= 0.6 is 11.6 Å². The van der Waals surface area contributed by atoms with Gasteiger partial charge in [-0.2, -0.15) is 0 Å². The van der Waals surface area contributed by atoms with Crippen molar-refractivity contribution in [3.8, 4) is 5.75 Å². The molecule has 5 rings (SSSR count). The van der Waals surface area contributed by atoms with Gasteiger partial charge >= 0.3 is 0 Å². The molecular weight excluding hydrogens is 433 g/mol. The highest BCUT2D eigenvalue weighted by Gasteiger charge is 2.53. The Labute approximate surface area is 190 Å². The smallest absolute Gasteiger partial charge is 0.290 e. The van der Waals surface area contributed by atoms with E-state index in [-0.39, 0.29) is 53.0 Å². The number of fused-ring (bicyclic) bond motifs is 1. The average Bonchev–Trinajstić information content (AvgIpc) is 3.03. The molecule has 0 radical (unpaired) electrons. The van der Waals surface area contributed by atoms with Crippen molar-refractivity contribution < 1.29 is 23.8 Å². The Hall–Kier alpha value is -2.86. The number of aromatic hydroxyl groups is 1. The first-order valence-electron chi connectivity index (χ1n) is 10.8. The molecule has 1 N–H and O–H groups in total. The Balaban J connectivity index is 1.57. The van der Waals surface area contributed by atoms with Crippen LogP contribution in [0.15, 0.2) is 59.9 Å². The van der Waals surface area contributed by atoms with Gasteiger partial charge in [0.1, 0.15) is 17.7 Å². The number of ether oxygens (including phenoxy) is 1. The average molecular weight is 456 g/mol. The number of hydrogen-bond donors (Lipinski definition) is 1. The normalized spacial score (nSPS) is 29.6. The first-order chi connectivity index (χ1) is 15.3. The second-order valence-electron chi connectivity index (χ2n) is 8.89. The van der Waals surface area contributed by atoms with E-state index in [4.69, 9.17) is 16.3 Å². The Kier molecular flexibility index (Phi) is 5.20. The highest BCUT2D eigenvalue weighted by molar-refractivity contribution is 6.21. The van der Waals surface area contributed by atoms with Crippen LogP contribution in [0, 0.1) is 17.7 Å². The lowest BCUT2D eigenvalue weighted by Crippen LogP contribution is -2.44. The second-order valence-corrected chi connectivity index (χ2v) is 9.45. The third-order valence-corrected chi connectivity index (χ3v) is 7.37. The van der Waals surface area contributed by atoms with Crippen LogP contribution in [-0.2, 0) is 20.9 Å². The van der Waals surface area contributed by atoms with Gasteiger partial charge in [0.05, 0.1) is 17.5 Å². The van der Waals surface area contributed by atoms with Crippen LogP contribution in [0.2, 0.25) is 0 Å². The number of Topliss-reactive ketones (excluding diaryl/α,β-unsaturated/α-hetero) is 1. The van der Waals surface area contributed by atoms with Crippen LogP contribution in [0.4, 0.5) is 4.39 Å². The molecule has 2 aromatic carbocycles. The van der Waals surface area contributed by atoms with Gasteiger partial charge in [-0.1, -0.05) is 31.2 Å². The molecule has 1 fully saturated rings. The van der Waals surface area contributed by atoms with Gasteiger partial charge in [0.25, 0.3) is 5.91 Å². The topological polar surface area (TPSA) is 66.8 Å². The summed E-state index contributed by atoms with van der Waals surface area (Å²) in [5.74, 6) is -0.933. The summed E-state index contributed by atoms with van der Waals surface area (Å²) in [4.78, 5) is 28.7. The lowest BCUT2D eigenvalue weighted by Gasteiger charge is -2.40. The fourth-order valence-corrected chi connectivity index (χ4v) is 5.35. The summed E-state index contributed by atoms with van der Waals surface area (Å²) in [5, 5.41) is 9.94. The van der Waals surface area contributed by atoms with E-state index in [1.807, 2.05) is 6.92 Å². The zero-order chi connectivity index (χ0) is 22.6. The number of amides is 1. The number of carbonyl (C=O) groups is 2. The van der Waals surface area contributed by atoms with Crippen molar-refractivity contribution in [3.05, 3.63) is 76.8 Å². The number of rotatable bonds is 3. The van der Waals surface area contributed by atoms with Gasteiger partial charge in [0.2, 0.25) is 0 Å². The predicted octanol–water partition coefficient (Wildman–Crippen LogP) is 4.49. The molecule has 2 aliphatic heterocycles. The molecule has 1 amide bonds. The first-order valence-corrected chi connectivity index (χ1v) is 11.2. The van der Waals surface area contributed by atoms with Gasteiger partial charge in [-0.05, 0) is 54.2 Å². The number of phenols is 1. The van der Waals surface area contributed by atoms with Crippen molar-refractivity contribution in [3.63, 3.8) is 0 Å². The second kappa shape index (κ2) is 7.93. The number of carbonyl (C=O) groups excluding carboxylic acids is 2. The molecule has 5 unspecified atom stereocenters. The molecule has 166 valence electrons. The van der Waals surface area contributed by atoms with E-state index < -0.39 is 12.0 Å². The van der Waals surface area contributed by atoms with Crippen molar-refractivity contribution in [1.29, 1.82) is 0 Å². The number of phenolic OH excluding ortho intramolecular Hbond substituents is 1. The monoisotopic (exact) mass is 455 g/mol. The molecule has 2 heterocycles. The molecule has 7 heteroatoms. The lowest BCUT2D eigenvalue weighted by atomic mass is 9.74. The maximum atomic E-state index is 13.7. The summed E-state index contributed by atoms with van der Waals surface area (Å²) in [7, 11) is 0. The van der Waals surface area contributed by atoms with Crippen LogP contribution in [0.1, 0.15) is 36.9 Å². The zero-order valence-electron chi connectivity index (χ0n) is 17.5. The van der Waals surface area contributed by atoms with Crippen molar-refractivity contribution in [1.82, 2.24) is 4.90 Å². The molecule has 0 aromatic heterocycles. The Morgan fingerprint density at radius 1 is 1.16 bits per heavy atom. The highest BCUT2D eigenvalue weighted by atomic mass is 35.5. The predicted molar refractivity (Wildman–Crippen MR) is 116 cm³/mol. The van der Waals surface area contributed by atoms with E-state index in [1.165, 1.54) is 18.2 Å². The summed E-state index contributed by atoms with van der Waals surface area (Å²) in [6.45, 7) is 2.20. The van der Waals surface area contributed by atoms with Crippen molar-refractivity contribution >= 4 is 23.3 Å². The van der Waals surface area contributed by atoms with E-state index in [0.717, 1.165) is 5.56 Å². The summed E-state index contributed by atoms with van der Waals surface area (Å²) < 4.78 is 19.6. The number of hydrogen-bond acceptors (Lipinski definition) is 4. The first kappa shape index (κ1) is 21.0. The SMILES string of the molecule is CC1CC2OC3=C(C(=O)C2CC1Cl)C(c1cccc(O)c1)N(Cc1ccc(F)cc1)C3=O. The molecule has 2 aromatic rings. The molecular formula is C25H23ClFNO4. The molecule has 3 aliphatic rings. The van der Waals surface area contributed by atoms with Crippen LogP contribution in [-0.4, -0.2) is 33.2 Å². The van der Waals surface area contributed by atoms with Gasteiger partial charge in [-0.15, -0.1) is 11.6 Å². The number of halogens is 2. The zero-order valence-corrected chi connectivity index (χ0v) is 18.3. The number of alkyl halides is 1. The van der Waals surface area contributed by atoms with Crippen LogP contribution in [0.25, 0.3) is 0 Å². The van der Waals surface area contributed by atoms with Gasteiger partial charge in [-0.25, -0.2) is 4.39 Å². The van der Waals surface area contributed by atoms with Crippen LogP contribution < -0.4 is 0 Å². The number of benzene rings is 2. The summed E-state index contributed by atoms with van der Waals surface area (Å²) in [6, 6.07) is 11.7. The van der Waals surface area contributed by atoms with Crippen LogP contribution in [0.3, 0.4) is 0 Å². The fraction of sp³-hybridized carbons (Fsp3) is 0.360. The molecule has 5 nitrogen and oxygen atoms in total. The maximum absolute atomic E-state index is 13.7. The van der Waals surface area contributed by atoms with Crippen molar-refractivity contribution in [2.24, 2.45) is 11.8 Å². The summed E-state index contributed by atoms with van der Waals surface area (Å²) in [5.41, 5.74) is 1.67. The molecule has 32 heavy (non-hydrogen) atoms. The minimum absolute atomic E-state index is 0.0418. The van der Waals surface area contributed by atoms with E-state index in [1.54, 1.807) is 35.2 Å². The largest absolute Gasteiger partial charge is 0.508 e. The molecule has 0 bridgehead atoms. The summed E-state index contributed by atoms with van der Waals surface area (Å²) in [6.07, 6.45) is 0.747. The lowest BCUT2D eigenvalue weighted by molar-refractivity contribution is -0.136. The van der Waals surface area contributed by atoms with Gasteiger partial charge < -0.3 is 14.7 Å². The fourth-order valence-electron chi connectivity index (χ4n) is 5.06. The minimum atomic E-state index is -0.698.